The Morgan fingerprint density at radius 1 is 1.12 bits per heavy atom. The van der Waals surface area contributed by atoms with Crippen LogP contribution in [0.5, 0.6) is 0 Å². The number of carbonyl (C=O) groups excluding carboxylic acids is 2. The Kier molecular flexibility index (Phi) is 7.43. The van der Waals surface area contributed by atoms with Gasteiger partial charge in [-0.2, -0.15) is 10.4 Å². The van der Waals surface area contributed by atoms with Crippen molar-refractivity contribution < 1.29 is 19.1 Å². The Bertz CT molecular complexity index is 1260. The Hall–Kier alpha value is -3.63. The van der Waals surface area contributed by atoms with Crippen LogP contribution in [-0.4, -0.2) is 33.9 Å². The van der Waals surface area contributed by atoms with E-state index in [4.69, 9.17) is 21.1 Å². The van der Waals surface area contributed by atoms with Crippen LogP contribution in [0.2, 0.25) is 5.02 Å². The summed E-state index contributed by atoms with van der Waals surface area (Å²) >= 11 is 6.24. The summed E-state index contributed by atoms with van der Waals surface area (Å²) in [5.74, 6) is -0.931. The highest BCUT2D eigenvalue weighted by atomic mass is 35.5. The van der Waals surface area contributed by atoms with Crippen molar-refractivity contribution in [3.8, 4) is 17.2 Å². The van der Waals surface area contributed by atoms with E-state index >= 15 is 0 Å². The molecule has 0 aliphatic carbocycles. The molecule has 0 aliphatic heterocycles. The van der Waals surface area contributed by atoms with Gasteiger partial charge >= 0.3 is 11.9 Å². The molecule has 7 nitrogen and oxygen atoms in total. The fourth-order valence-electron chi connectivity index (χ4n) is 3.41. The van der Waals surface area contributed by atoms with E-state index in [1.54, 1.807) is 41.9 Å². The molecule has 0 bridgehead atoms. The zero-order valence-electron chi connectivity index (χ0n) is 19.8. The normalized spacial score (nSPS) is 11.1. The molecule has 0 atom stereocenters. The third-order valence-electron chi connectivity index (χ3n) is 4.97. The molecule has 0 spiro atoms. The number of aromatic nitrogens is 2. The highest BCUT2D eigenvalue weighted by Gasteiger charge is 2.24. The first kappa shape index (κ1) is 25.0. The summed E-state index contributed by atoms with van der Waals surface area (Å²) in [6.07, 6.45) is 0. The minimum atomic E-state index is -0.573. The molecule has 2 aromatic carbocycles. The number of benzene rings is 2. The third-order valence-corrected chi connectivity index (χ3v) is 5.29. The minimum absolute atomic E-state index is 0.172. The Labute approximate surface area is 203 Å². The summed E-state index contributed by atoms with van der Waals surface area (Å²) in [6, 6.07) is 14.1. The number of hydrogen-bond acceptors (Lipinski definition) is 6. The summed E-state index contributed by atoms with van der Waals surface area (Å²) < 4.78 is 12.3. The largest absolute Gasteiger partial charge is 0.461 e. The lowest BCUT2D eigenvalue weighted by Gasteiger charge is -2.19. The van der Waals surface area contributed by atoms with Crippen molar-refractivity contribution in [3.63, 3.8) is 0 Å². The van der Waals surface area contributed by atoms with E-state index in [9.17, 15) is 14.9 Å². The van der Waals surface area contributed by atoms with Gasteiger partial charge in [-0.25, -0.2) is 9.59 Å². The van der Waals surface area contributed by atoms with Gasteiger partial charge in [-0.05, 0) is 70.0 Å². The number of nitrogens with zero attached hydrogens (tertiary/aromatic N) is 3. The van der Waals surface area contributed by atoms with Gasteiger partial charge in [0.25, 0.3) is 0 Å². The van der Waals surface area contributed by atoms with Gasteiger partial charge in [0.15, 0.2) is 5.69 Å². The molecule has 0 radical (unpaired) electrons. The molecule has 0 unspecified atom stereocenters. The van der Waals surface area contributed by atoms with Gasteiger partial charge in [0, 0.05) is 11.3 Å². The monoisotopic (exact) mass is 479 g/mol. The highest BCUT2D eigenvalue weighted by molar-refractivity contribution is 6.32. The first-order valence-corrected chi connectivity index (χ1v) is 11.2. The van der Waals surface area contributed by atoms with E-state index in [1.807, 2.05) is 45.9 Å². The maximum absolute atomic E-state index is 12.7. The molecular weight excluding hydrogens is 454 g/mol. The standard InChI is InChI=1S/C26H26ClN3O4/c1-6-33-25(32)23-22(19-11-12-20(14-28)21(27)13-19)16(2)30(29-23)15-17-7-9-18(10-8-17)24(31)34-26(3,4)5/h7-13H,6,15H2,1-5H3. The maximum Gasteiger partial charge on any atom is 0.359 e. The third kappa shape index (κ3) is 5.64. The average molecular weight is 480 g/mol. The van der Waals surface area contributed by atoms with Gasteiger partial charge in [-0.1, -0.05) is 29.8 Å². The van der Waals surface area contributed by atoms with Gasteiger partial charge in [-0.15, -0.1) is 0 Å². The minimum Gasteiger partial charge on any atom is -0.461 e. The van der Waals surface area contributed by atoms with Crippen molar-refractivity contribution in [1.82, 2.24) is 9.78 Å². The summed E-state index contributed by atoms with van der Waals surface area (Å²) in [6.45, 7) is 9.62. The second-order valence-corrected chi connectivity index (χ2v) is 9.10. The number of esters is 2. The van der Waals surface area contributed by atoms with Crippen molar-refractivity contribution in [3.05, 3.63) is 75.6 Å². The predicted molar refractivity (Wildman–Crippen MR) is 129 cm³/mol. The van der Waals surface area contributed by atoms with E-state index in [2.05, 4.69) is 5.10 Å². The first-order chi connectivity index (χ1) is 16.0. The molecule has 0 amide bonds. The van der Waals surface area contributed by atoms with E-state index in [1.165, 1.54) is 0 Å². The SMILES string of the molecule is CCOC(=O)c1nn(Cc2ccc(C(=O)OC(C)(C)C)cc2)c(C)c1-c1ccc(C#N)c(Cl)c1. The fourth-order valence-corrected chi connectivity index (χ4v) is 3.63. The summed E-state index contributed by atoms with van der Waals surface area (Å²) in [5, 5.41) is 14.0. The maximum atomic E-state index is 12.7. The van der Waals surface area contributed by atoms with Crippen LogP contribution in [0.15, 0.2) is 42.5 Å². The zero-order chi connectivity index (χ0) is 25.0. The van der Waals surface area contributed by atoms with Crippen LogP contribution in [0.1, 0.15) is 65.4 Å². The molecule has 176 valence electrons. The number of hydrogen-bond donors (Lipinski definition) is 0. The molecule has 34 heavy (non-hydrogen) atoms. The molecule has 0 fully saturated rings. The van der Waals surface area contributed by atoms with Gasteiger partial charge < -0.3 is 9.47 Å². The molecule has 0 N–H and O–H groups in total. The van der Waals surface area contributed by atoms with Crippen LogP contribution in [0.25, 0.3) is 11.1 Å². The summed E-state index contributed by atoms with van der Waals surface area (Å²) in [5.41, 5.74) is 3.28. The lowest BCUT2D eigenvalue weighted by molar-refractivity contribution is 0.00692. The van der Waals surface area contributed by atoms with Gasteiger partial charge in [0.1, 0.15) is 11.7 Å². The van der Waals surface area contributed by atoms with Gasteiger partial charge in [0.05, 0.1) is 29.3 Å². The molecule has 1 aromatic heterocycles. The number of nitriles is 1. The molecule has 3 rings (SSSR count). The molecule has 0 saturated carbocycles. The average Bonchev–Trinajstić information content (AvgIpc) is 3.09. The Balaban J connectivity index is 1.96. The van der Waals surface area contributed by atoms with Crippen LogP contribution >= 0.6 is 11.6 Å². The van der Waals surface area contributed by atoms with Crippen LogP contribution < -0.4 is 0 Å². The van der Waals surface area contributed by atoms with Crippen LogP contribution in [-0.2, 0) is 16.0 Å². The molecular formula is C26H26ClN3O4. The summed E-state index contributed by atoms with van der Waals surface area (Å²) in [7, 11) is 0. The quantitative estimate of drug-likeness (QED) is 0.429. The van der Waals surface area contributed by atoms with Crippen molar-refractivity contribution in [1.29, 1.82) is 5.26 Å². The molecule has 3 aromatic rings. The van der Waals surface area contributed by atoms with Crippen molar-refractivity contribution >= 4 is 23.5 Å². The Morgan fingerprint density at radius 3 is 2.35 bits per heavy atom. The highest BCUT2D eigenvalue weighted by Crippen LogP contribution is 2.31. The van der Waals surface area contributed by atoms with E-state index in [-0.39, 0.29) is 18.3 Å². The molecule has 1 heterocycles. The number of rotatable bonds is 6. The Morgan fingerprint density at radius 2 is 1.79 bits per heavy atom. The lowest BCUT2D eigenvalue weighted by atomic mass is 10.0. The zero-order valence-corrected chi connectivity index (χ0v) is 20.6. The second kappa shape index (κ2) is 10.1. The summed E-state index contributed by atoms with van der Waals surface area (Å²) in [4.78, 5) is 24.9. The molecule has 8 heteroatoms. The van der Waals surface area contributed by atoms with Crippen LogP contribution in [0.4, 0.5) is 0 Å². The van der Waals surface area contributed by atoms with Gasteiger partial charge in [-0.3, -0.25) is 4.68 Å². The van der Waals surface area contributed by atoms with Crippen molar-refractivity contribution in [2.45, 2.75) is 46.8 Å². The lowest BCUT2D eigenvalue weighted by Crippen LogP contribution is -2.23. The second-order valence-electron chi connectivity index (χ2n) is 8.69. The van der Waals surface area contributed by atoms with Gasteiger partial charge in [0.2, 0.25) is 0 Å². The topological polar surface area (TPSA) is 94.2 Å². The fraction of sp³-hybridized carbons (Fsp3) is 0.308. The smallest absolute Gasteiger partial charge is 0.359 e. The number of carbonyl (C=O) groups is 2. The predicted octanol–water partition coefficient (Wildman–Crippen LogP) is 5.56. The number of halogens is 1. The first-order valence-electron chi connectivity index (χ1n) is 10.8. The molecule has 0 saturated heterocycles. The van der Waals surface area contributed by atoms with Crippen molar-refractivity contribution in [2.75, 3.05) is 6.61 Å². The number of ether oxygens (including phenoxy) is 2. The van der Waals surface area contributed by atoms with E-state index in [0.29, 0.717) is 33.8 Å². The van der Waals surface area contributed by atoms with E-state index < -0.39 is 11.6 Å². The van der Waals surface area contributed by atoms with Crippen LogP contribution in [0.3, 0.4) is 0 Å². The molecule has 0 aliphatic rings. The van der Waals surface area contributed by atoms with E-state index in [0.717, 1.165) is 11.3 Å². The van der Waals surface area contributed by atoms with Crippen molar-refractivity contribution in [2.24, 2.45) is 0 Å². The van der Waals surface area contributed by atoms with Crippen LogP contribution in [0, 0.1) is 18.3 Å².